The molecule has 0 radical (unpaired) electrons. The van der Waals surface area contributed by atoms with E-state index < -0.39 is 10.0 Å². The van der Waals surface area contributed by atoms with E-state index in [9.17, 15) is 8.42 Å². The van der Waals surface area contributed by atoms with Crippen LogP contribution < -0.4 is 4.90 Å². The van der Waals surface area contributed by atoms with E-state index in [0.29, 0.717) is 24.0 Å². The number of morpholine rings is 1. The highest BCUT2D eigenvalue weighted by molar-refractivity contribution is 7.89. The molecular formula is C19H29N3O3S. The average molecular weight is 380 g/mol. The molecule has 0 N–H and O–H groups in total. The minimum Gasteiger partial charge on any atom is -0.379 e. The van der Waals surface area contributed by atoms with Gasteiger partial charge in [0.15, 0.2) is 0 Å². The summed E-state index contributed by atoms with van der Waals surface area (Å²) in [5.41, 5.74) is 2.37. The highest BCUT2D eigenvalue weighted by Crippen LogP contribution is 2.32. The van der Waals surface area contributed by atoms with Gasteiger partial charge in [-0.3, -0.25) is 4.90 Å². The van der Waals surface area contributed by atoms with Gasteiger partial charge in [-0.05, 0) is 43.9 Å². The van der Waals surface area contributed by atoms with Crippen molar-refractivity contribution < 1.29 is 13.2 Å². The van der Waals surface area contributed by atoms with Crippen molar-refractivity contribution in [1.29, 1.82) is 0 Å². The first-order chi connectivity index (χ1) is 12.6. The Hall–Kier alpha value is -1.15. The maximum atomic E-state index is 12.9. The number of hydrogen-bond acceptors (Lipinski definition) is 5. The molecule has 3 aliphatic rings. The molecule has 1 unspecified atom stereocenters. The smallest absolute Gasteiger partial charge is 0.243 e. The Morgan fingerprint density at radius 2 is 1.92 bits per heavy atom. The fraction of sp³-hybridized carbons (Fsp3) is 0.684. The fourth-order valence-electron chi connectivity index (χ4n) is 4.24. The fourth-order valence-corrected chi connectivity index (χ4v) is 5.78. The molecule has 0 bridgehead atoms. The van der Waals surface area contributed by atoms with Gasteiger partial charge >= 0.3 is 0 Å². The molecule has 1 aromatic carbocycles. The number of fused-ring (bicyclic) bond motifs is 1. The van der Waals surface area contributed by atoms with Crippen LogP contribution in [0.25, 0.3) is 0 Å². The lowest BCUT2D eigenvalue weighted by molar-refractivity contribution is 0.00119. The van der Waals surface area contributed by atoms with E-state index in [0.717, 1.165) is 64.3 Å². The molecule has 144 valence electrons. The minimum absolute atomic E-state index is 0.449. The molecule has 0 aromatic heterocycles. The van der Waals surface area contributed by atoms with Crippen molar-refractivity contribution in [2.24, 2.45) is 0 Å². The highest BCUT2D eigenvalue weighted by atomic mass is 32.2. The molecule has 6 nitrogen and oxygen atoms in total. The molecule has 2 fully saturated rings. The number of sulfonamides is 1. The summed E-state index contributed by atoms with van der Waals surface area (Å²) in [6.45, 7) is 8.99. The summed E-state index contributed by atoms with van der Waals surface area (Å²) in [7, 11) is -3.35. The van der Waals surface area contributed by atoms with Gasteiger partial charge in [0.1, 0.15) is 0 Å². The van der Waals surface area contributed by atoms with E-state index in [1.54, 1.807) is 10.4 Å². The SMILES string of the molecule is CC1COCCN1CCN1CCc2ccc(S(=O)(=O)N3CCCC3)cc21. The first-order valence-electron chi connectivity index (χ1n) is 9.75. The lowest BCUT2D eigenvalue weighted by Crippen LogP contribution is -2.46. The molecule has 26 heavy (non-hydrogen) atoms. The molecule has 1 aromatic rings. The lowest BCUT2D eigenvalue weighted by atomic mass is 10.2. The monoisotopic (exact) mass is 379 g/mol. The Kier molecular flexibility index (Phi) is 5.23. The van der Waals surface area contributed by atoms with Crippen LogP contribution in [0.3, 0.4) is 0 Å². The Balaban J connectivity index is 1.49. The van der Waals surface area contributed by atoms with Crippen LogP contribution in [0, 0.1) is 0 Å². The number of benzene rings is 1. The van der Waals surface area contributed by atoms with Crippen LogP contribution >= 0.6 is 0 Å². The molecule has 0 spiro atoms. The Labute approximate surface area is 156 Å². The van der Waals surface area contributed by atoms with Gasteiger partial charge in [-0.1, -0.05) is 6.07 Å². The zero-order valence-electron chi connectivity index (χ0n) is 15.6. The summed E-state index contributed by atoms with van der Waals surface area (Å²) in [6.07, 6.45) is 2.93. The Morgan fingerprint density at radius 1 is 1.12 bits per heavy atom. The summed E-state index contributed by atoms with van der Waals surface area (Å²) in [5.74, 6) is 0. The van der Waals surface area contributed by atoms with Gasteiger partial charge in [0.05, 0.1) is 18.1 Å². The summed E-state index contributed by atoms with van der Waals surface area (Å²) < 4.78 is 32.9. The molecule has 3 aliphatic heterocycles. The van der Waals surface area contributed by atoms with Crippen LogP contribution in [0.2, 0.25) is 0 Å². The molecule has 1 atom stereocenters. The number of ether oxygens (including phenoxy) is 1. The molecule has 0 amide bonds. The summed E-state index contributed by atoms with van der Waals surface area (Å²) in [4.78, 5) is 5.26. The van der Waals surface area contributed by atoms with Crippen molar-refractivity contribution in [2.75, 3.05) is 57.4 Å². The van der Waals surface area contributed by atoms with E-state index >= 15 is 0 Å². The van der Waals surface area contributed by atoms with Crippen molar-refractivity contribution in [1.82, 2.24) is 9.21 Å². The van der Waals surface area contributed by atoms with E-state index in [-0.39, 0.29) is 0 Å². The topological polar surface area (TPSA) is 53.1 Å². The second kappa shape index (κ2) is 7.46. The normalized spacial score (nSPS) is 25.0. The summed E-state index contributed by atoms with van der Waals surface area (Å²) in [5, 5.41) is 0. The van der Waals surface area contributed by atoms with Gasteiger partial charge in [-0.15, -0.1) is 0 Å². The molecule has 0 aliphatic carbocycles. The van der Waals surface area contributed by atoms with E-state index in [1.165, 1.54) is 5.56 Å². The van der Waals surface area contributed by atoms with Crippen LogP contribution in [-0.4, -0.2) is 76.1 Å². The molecule has 7 heteroatoms. The van der Waals surface area contributed by atoms with E-state index in [4.69, 9.17) is 4.74 Å². The van der Waals surface area contributed by atoms with Crippen molar-refractivity contribution >= 4 is 15.7 Å². The van der Waals surface area contributed by atoms with E-state index in [2.05, 4.69) is 16.7 Å². The minimum atomic E-state index is -3.35. The van der Waals surface area contributed by atoms with Gasteiger partial charge in [0.2, 0.25) is 10.0 Å². The third-order valence-corrected chi connectivity index (χ3v) is 7.81. The van der Waals surface area contributed by atoms with Crippen LogP contribution in [0.5, 0.6) is 0 Å². The number of hydrogen-bond donors (Lipinski definition) is 0. The highest BCUT2D eigenvalue weighted by Gasteiger charge is 2.29. The van der Waals surface area contributed by atoms with Crippen LogP contribution in [0.4, 0.5) is 5.69 Å². The number of nitrogens with zero attached hydrogens (tertiary/aromatic N) is 3. The second-order valence-corrected chi connectivity index (χ2v) is 9.54. The third-order valence-electron chi connectivity index (χ3n) is 5.91. The van der Waals surface area contributed by atoms with Crippen LogP contribution in [-0.2, 0) is 21.2 Å². The maximum absolute atomic E-state index is 12.9. The van der Waals surface area contributed by atoms with Crippen molar-refractivity contribution in [3.8, 4) is 0 Å². The predicted molar refractivity (Wildman–Crippen MR) is 102 cm³/mol. The quantitative estimate of drug-likeness (QED) is 0.777. The largest absolute Gasteiger partial charge is 0.379 e. The standard InChI is InChI=1S/C19H29N3O3S/c1-16-15-25-13-12-20(16)10-11-21-9-6-17-4-5-18(14-19(17)21)26(23,24)22-7-2-3-8-22/h4-5,14,16H,2-3,6-13,15H2,1H3. The number of rotatable bonds is 5. The van der Waals surface area contributed by atoms with Gasteiger partial charge in [-0.2, -0.15) is 4.31 Å². The lowest BCUT2D eigenvalue weighted by Gasteiger charge is -2.34. The van der Waals surface area contributed by atoms with Crippen molar-refractivity contribution in [2.45, 2.75) is 37.1 Å². The maximum Gasteiger partial charge on any atom is 0.243 e. The molecule has 3 heterocycles. The van der Waals surface area contributed by atoms with Gasteiger partial charge in [0, 0.05) is 51.0 Å². The number of anilines is 1. The molecule has 2 saturated heterocycles. The average Bonchev–Trinajstić information content (AvgIpc) is 3.31. The second-order valence-electron chi connectivity index (χ2n) is 7.60. The molecule has 4 rings (SSSR count). The van der Waals surface area contributed by atoms with Crippen molar-refractivity contribution in [3.63, 3.8) is 0 Å². The third kappa shape index (κ3) is 3.50. The summed E-state index contributed by atoms with van der Waals surface area (Å²) >= 11 is 0. The Bertz CT molecular complexity index is 746. The van der Waals surface area contributed by atoms with Gasteiger partial charge in [-0.25, -0.2) is 8.42 Å². The van der Waals surface area contributed by atoms with E-state index in [1.807, 2.05) is 12.1 Å². The Morgan fingerprint density at radius 3 is 2.69 bits per heavy atom. The zero-order chi connectivity index (χ0) is 18.1. The van der Waals surface area contributed by atoms with Crippen LogP contribution in [0.1, 0.15) is 25.3 Å². The first kappa shape index (κ1) is 18.2. The summed E-state index contributed by atoms with van der Waals surface area (Å²) in [6, 6.07) is 6.15. The van der Waals surface area contributed by atoms with Crippen LogP contribution in [0.15, 0.2) is 23.1 Å². The molecular weight excluding hydrogens is 350 g/mol. The first-order valence-corrected chi connectivity index (χ1v) is 11.2. The van der Waals surface area contributed by atoms with Gasteiger partial charge < -0.3 is 9.64 Å². The van der Waals surface area contributed by atoms with Gasteiger partial charge in [0.25, 0.3) is 0 Å². The predicted octanol–water partition coefficient (Wildman–Crippen LogP) is 1.55. The van der Waals surface area contributed by atoms with Crippen molar-refractivity contribution in [3.05, 3.63) is 23.8 Å². The molecule has 0 saturated carbocycles. The zero-order valence-corrected chi connectivity index (χ0v) is 16.4.